The number of nitrogens with zero attached hydrogens (tertiary/aromatic N) is 3. The van der Waals surface area contributed by atoms with E-state index in [9.17, 15) is 4.79 Å². The molecule has 2 aliphatic heterocycles. The number of nitrogens with one attached hydrogen (secondary N) is 1. The summed E-state index contributed by atoms with van der Waals surface area (Å²) in [6.07, 6.45) is 2.79. The molecule has 1 amide bonds. The summed E-state index contributed by atoms with van der Waals surface area (Å²) >= 11 is 0. The molecule has 3 N–H and O–H groups in total. The van der Waals surface area contributed by atoms with E-state index in [1.165, 1.54) is 5.56 Å². The minimum absolute atomic E-state index is 0.166. The Morgan fingerprint density at radius 1 is 0.902 bits per heavy atom. The maximum atomic E-state index is 13.1. The van der Waals surface area contributed by atoms with Crippen LogP contribution in [0.25, 0.3) is 11.1 Å². The zero-order chi connectivity index (χ0) is 28.2. The van der Waals surface area contributed by atoms with E-state index < -0.39 is 0 Å². The number of hydrogen-bond donors (Lipinski definition) is 2. The van der Waals surface area contributed by atoms with Gasteiger partial charge in [0.25, 0.3) is 5.91 Å². The zero-order valence-corrected chi connectivity index (χ0v) is 23.3. The SMILES string of the molecule is Cc1ccc(C(=O)Nc2ccc(N3CCCN(Cc4ccc5c(c4)OCCO5)CC3)nc2)cc1-c1ccc(N)cc1. The molecule has 8 nitrogen and oxygen atoms in total. The molecule has 4 aromatic rings. The first-order valence-corrected chi connectivity index (χ1v) is 14.1. The number of fused-ring (bicyclic) bond motifs is 1. The molecule has 0 saturated carbocycles. The molecule has 41 heavy (non-hydrogen) atoms. The van der Waals surface area contributed by atoms with Gasteiger partial charge in [-0.3, -0.25) is 9.69 Å². The second-order valence-corrected chi connectivity index (χ2v) is 10.6. The van der Waals surface area contributed by atoms with E-state index in [1.54, 1.807) is 6.20 Å². The van der Waals surface area contributed by atoms with Gasteiger partial charge in [0.1, 0.15) is 19.0 Å². The van der Waals surface area contributed by atoms with Crippen molar-refractivity contribution in [3.05, 3.63) is 95.7 Å². The second kappa shape index (κ2) is 11.9. The van der Waals surface area contributed by atoms with Crippen LogP contribution in [0.5, 0.6) is 11.5 Å². The molecule has 0 aliphatic carbocycles. The lowest BCUT2D eigenvalue weighted by Crippen LogP contribution is -2.31. The number of anilines is 3. The third-order valence-electron chi connectivity index (χ3n) is 7.65. The topological polar surface area (TPSA) is 93.0 Å². The summed E-state index contributed by atoms with van der Waals surface area (Å²) in [5, 5.41) is 3.00. The van der Waals surface area contributed by atoms with Crippen molar-refractivity contribution in [2.24, 2.45) is 0 Å². The smallest absolute Gasteiger partial charge is 0.255 e. The predicted octanol–water partition coefficient (Wildman–Crippen LogP) is 5.38. The fraction of sp³-hybridized carbons (Fsp3) is 0.273. The first-order valence-electron chi connectivity index (χ1n) is 14.1. The molecule has 6 rings (SSSR count). The van der Waals surface area contributed by atoms with Crippen LogP contribution in [-0.4, -0.2) is 55.2 Å². The molecule has 1 fully saturated rings. The molecule has 0 atom stereocenters. The first-order chi connectivity index (χ1) is 20.0. The van der Waals surface area contributed by atoms with Crippen LogP contribution in [0.4, 0.5) is 17.2 Å². The van der Waals surface area contributed by atoms with Gasteiger partial charge in [-0.05, 0) is 84.1 Å². The molecule has 1 aromatic heterocycles. The van der Waals surface area contributed by atoms with Crippen LogP contribution in [0.3, 0.4) is 0 Å². The minimum atomic E-state index is -0.166. The maximum absolute atomic E-state index is 13.1. The van der Waals surface area contributed by atoms with Gasteiger partial charge in [-0.1, -0.05) is 24.3 Å². The van der Waals surface area contributed by atoms with Crippen LogP contribution in [-0.2, 0) is 6.54 Å². The Balaban J connectivity index is 1.06. The molecule has 1 saturated heterocycles. The minimum Gasteiger partial charge on any atom is -0.486 e. The average Bonchev–Trinajstić information content (AvgIpc) is 3.24. The average molecular weight is 550 g/mol. The fourth-order valence-electron chi connectivity index (χ4n) is 5.39. The molecule has 2 aliphatic rings. The molecular formula is C33H35N5O3. The summed E-state index contributed by atoms with van der Waals surface area (Å²) in [4.78, 5) is 22.5. The summed E-state index contributed by atoms with van der Waals surface area (Å²) in [6.45, 7) is 7.91. The summed E-state index contributed by atoms with van der Waals surface area (Å²) < 4.78 is 11.4. The standard InChI is InChI=1S/C33H35N5O3/c1-23-3-5-26(20-29(23)25-6-8-27(34)9-7-25)33(39)36-28-10-12-32(35-21-28)38-14-2-13-37(15-16-38)22-24-4-11-30-31(19-24)41-18-17-40-30/h3-12,19-21H,2,13-18,22,34H2,1H3,(H,36,39). The van der Waals surface area contributed by atoms with Gasteiger partial charge in [-0.25, -0.2) is 4.98 Å². The van der Waals surface area contributed by atoms with Gasteiger partial charge in [0.2, 0.25) is 0 Å². The van der Waals surface area contributed by atoms with E-state index in [4.69, 9.17) is 15.2 Å². The number of ether oxygens (including phenoxy) is 2. The Kier molecular flexibility index (Phi) is 7.73. The van der Waals surface area contributed by atoms with E-state index >= 15 is 0 Å². The number of carbonyl (C=O) groups is 1. The summed E-state index contributed by atoms with van der Waals surface area (Å²) in [5.41, 5.74) is 12.2. The quantitative estimate of drug-likeness (QED) is 0.312. The number of aryl methyl sites for hydroxylation is 1. The molecule has 0 radical (unpaired) electrons. The van der Waals surface area contributed by atoms with Crippen molar-refractivity contribution in [3.63, 3.8) is 0 Å². The highest BCUT2D eigenvalue weighted by Gasteiger charge is 2.18. The van der Waals surface area contributed by atoms with E-state index in [0.717, 1.165) is 73.2 Å². The van der Waals surface area contributed by atoms with Crippen molar-refractivity contribution in [2.75, 3.05) is 55.3 Å². The lowest BCUT2D eigenvalue weighted by molar-refractivity contribution is 0.102. The van der Waals surface area contributed by atoms with E-state index in [-0.39, 0.29) is 5.91 Å². The van der Waals surface area contributed by atoms with Crippen molar-refractivity contribution in [1.29, 1.82) is 0 Å². The lowest BCUT2D eigenvalue weighted by Gasteiger charge is -2.24. The van der Waals surface area contributed by atoms with Gasteiger partial charge < -0.3 is 25.4 Å². The van der Waals surface area contributed by atoms with Crippen molar-refractivity contribution < 1.29 is 14.3 Å². The van der Waals surface area contributed by atoms with Gasteiger partial charge >= 0.3 is 0 Å². The second-order valence-electron chi connectivity index (χ2n) is 10.6. The van der Waals surface area contributed by atoms with E-state index in [1.807, 2.05) is 67.6 Å². The van der Waals surface area contributed by atoms with Gasteiger partial charge in [-0.15, -0.1) is 0 Å². The number of aromatic nitrogens is 1. The summed E-state index contributed by atoms with van der Waals surface area (Å²) in [5.74, 6) is 2.42. The first kappa shape index (κ1) is 26.7. The fourth-order valence-corrected chi connectivity index (χ4v) is 5.39. The number of carbonyl (C=O) groups excluding carboxylic acids is 1. The van der Waals surface area contributed by atoms with Crippen LogP contribution in [0, 0.1) is 6.92 Å². The Morgan fingerprint density at radius 3 is 2.54 bits per heavy atom. The number of nitrogen functional groups attached to an aromatic ring is 1. The van der Waals surface area contributed by atoms with Gasteiger partial charge in [0, 0.05) is 44.0 Å². The molecule has 210 valence electrons. The molecule has 3 aromatic carbocycles. The van der Waals surface area contributed by atoms with Gasteiger partial charge in [0.05, 0.1) is 11.9 Å². The molecule has 0 unspecified atom stereocenters. The largest absolute Gasteiger partial charge is 0.486 e. The van der Waals surface area contributed by atoms with Crippen LogP contribution in [0.15, 0.2) is 79.0 Å². The van der Waals surface area contributed by atoms with Crippen molar-refractivity contribution in [1.82, 2.24) is 9.88 Å². The molecule has 8 heteroatoms. The Morgan fingerprint density at radius 2 is 1.73 bits per heavy atom. The Bertz CT molecular complexity index is 1520. The highest BCUT2D eigenvalue weighted by Crippen LogP contribution is 2.31. The van der Waals surface area contributed by atoms with Crippen LogP contribution in [0.1, 0.15) is 27.9 Å². The number of pyridine rings is 1. The summed E-state index contributed by atoms with van der Waals surface area (Å²) in [7, 11) is 0. The third kappa shape index (κ3) is 6.28. The number of hydrogen-bond acceptors (Lipinski definition) is 7. The Labute approximate surface area is 240 Å². The lowest BCUT2D eigenvalue weighted by atomic mass is 9.97. The predicted molar refractivity (Wildman–Crippen MR) is 163 cm³/mol. The van der Waals surface area contributed by atoms with Crippen molar-refractivity contribution >= 4 is 23.1 Å². The summed E-state index contributed by atoms with van der Waals surface area (Å²) in [6, 6.07) is 23.6. The van der Waals surface area contributed by atoms with Crippen LogP contribution < -0.4 is 25.4 Å². The number of nitrogens with two attached hydrogens (primary N) is 1. The van der Waals surface area contributed by atoms with Gasteiger partial charge in [0.15, 0.2) is 11.5 Å². The van der Waals surface area contributed by atoms with Crippen LogP contribution >= 0.6 is 0 Å². The number of rotatable bonds is 6. The van der Waals surface area contributed by atoms with E-state index in [2.05, 4.69) is 32.2 Å². The van der Waals surface area contributed by atoms with E-state index in [0.29, 0.717) is 30.2 Å². The number of benzene rings is 3. The monoisotopic (exact) mass is 549 g/mol. The molecule has 0 spiro atoms. The zero-order valence-electron chi connectivity index (χ0n) is 23.3. The van der Waals surface area contributed by atoms with Crippen molar-refractivity contribution in [2.45, 2.75) is 19.9 Å². The normalized spacial score (nSPS) is 15.3. The Hall–Kier alpha value is -4.56. The highest BCUT2D eigenvalue weighted by molar-refractivity contribution is 6.05. The third-order valence-corrected chi connectivity index (χ3v) is 7.65. The molecular weight excluding hydrogens is 514 g/mol. The maximum Gasteiger partial charge on any atom is 0.255 e. The molecule has 3 heterocycles. The highest BCUT2D eigenvalue weighted by atomic mass is 16.6. The van der Waals surface area contributed by atoms with Gasteiger partial charge in [-0.2, -0.15) is 0 Å². The van der Waals surface area contributed by atoms with Crippen molar-refractivity contribution in [3.8, 4) is 22.6 Å². The molecule has 0 bridgehead atoms. The number of amides is 1. The van der Waals surface area contributed by atoms with Crippen LogP contribution in [0.2, 0.25) is 0 Å².